The molecule has 0 heterocycles. The quantitative estimate of drug-likeness (QED) is 0.635. The zero-order valence-electron chi connectivity index (χ0n) is 7.16. The molecule has 0 aliphatic heterocycles. The van der Waals surface area contributed by atoms with E-state index < -0.39 is 9.53 Å². The molecule has 0 aromatic carbocycles. The Bertz CT molecular complexity index is 89.9. The van der Waals surface area contributed by atoms with Crippen LogP contribution >= 0.6 is 11.8 Å². The molecule has 0 saturated heterocycles. The normalized spacial score (nSPS) is 13.9. The van der Waals surface area contributed by atoms with Gasteiger partial charge in [-0.2, -0.15) is 11.8 Å². The van der Waals surface area contributed by atoms with E-state index in [-0.39, 0.29) is 0 Å². The van der Waals surface area contributed by atoms with Gasteiger partial charge in [-0.25, -0.2) is 0 Å². The molecule has 0 amide bonds. The highest BCUT2D eigenvalue weighted by Crippen LogP contribution is 2.10. The van der Waals surface area contributed by atoms with Crippen LogP contribution in [0.15, 0.2) is 0 Å². The van der Waals surface area contributed by atoms with Gasteiger partial charge in [0.25, 0.3) is 0 Å². The molecule has 1 radical (unpaired) electrons. The Kier molecular flexibility index (Phi) is 7.40. The van der Waals surface area contributed by atoms with E-state index in [1.54, 1.807) is 11.8 Å². The van der Waals surface area contributed by atoms with Gasteiger partial charge in [0.15, 0.2) is 0 Å². The minimum absolute atomic E-state index is 0.470. The maximum atomic E-state index is 8.95. The van der Waals surface area contributed by atoms with E-state index in [9.17, 15) is 0 Å². The number of thioether (sulfide) groups is 1. The molecule has 0 saturated carbocycles. The fourth-order valence-corrected chi connectivity index (χ4v) is 1.70. The van der Waals surface area contributed by atoms with Crippen LogP contribution in [0.3, 0.4) is 0 Å². The monoisotopic (exact) mass is 195 g/mol. The molecule has 0 fully saturated rings. The van der Waals surface area contributed by atoms with E-state index in [0.29, 0.717) is 11.9 Å². The van der Waals surface area contributed by atoms with Gasteiger partial charge in [-0.05, 0) is 12.7 Å². The first-order chi connectivity index (χ1) is 5.24. The van der Waals surface area contributed by atoms with E-state index in [0.717, 1.165) is 6.42 Å². The van der Waals surface area contributed by atoms with Crippen LogP contribution in [-0.4, -0.2) is 39.5 Å². The highest BCUT2D eigenvalue weighted by atomic mass is 32.2. The van der Waals surface area contributed by atoms with E-state index in [1.807, 2.05) is 6.26 Å². The van der Waals surface area contributed by atoms with Gasteiger partial charge in [-0.15, -0.1) is 0 Å². The van der Waals surface area contributed by atoms with Crippen molar-refractivity contribution in [2.45, 2.75) is 18.6 Å². The minimum atomic E-state index is -1.96. The Morgan fingerprint density at radius 1 is 1.64 bits per heavy atom. The third kappa shape index (κ3) is 5.69. The van der Waals surface area contributed by atoms with Gasteiger partial charge in [0.1, 0.15) is 0 Å². The first-order valence-corrected chi connectivity index (χ1v) is 6.05. The minimum Gasteiger partial charge on any atom is -0.387 e. The highest BCUT2D eigenvalue weighted by Gasteiger charge is 2.13. The molecular formula is C6H15O3SSi. The lowest BCUT2D eigenvalue weighted by atomic mass is 10.3. The predicted octanol–water partition coefficient (Wildman–Crippen LogP) is 0.768. The third-order valence-corrected chi connectivity index (χ3v) is 3.25. The van der Waals surface area contributed by atoms with Gasteiger partial charge in [-0.1, -0.05) is 6.92 Å². The molecule has 1 unspecified atom stereocenters. The molecule has 0 aromatic heterocycles. The molecule has 0 aliphatic rings. The Balaban J connectivity index is 3.34. The second-order valence-electron chi connectivity index (χ2n) is 2.05. The van der Waals surface area contributed by atoms with Crippen LogP contribution in [0.25, 0.3) is 0 Å². The van der Waals surface area contributed by atoms with E-state index in [4.69, 9.17) is 9.22 Å². The summed E-state index contributed by atoms with van der Waals surface area (Å²) >= 11 is 1.75. The van der Waals surface area contributed by atoms with Crippen molar-refractivity contribution in [2.24, 2.45) is 0 Å². The second-order valence-corrected chi connectivity index (χ2v) is 4.41. The molecule has 1 atom stereocenters. The summed E-state index contributed by atoms with van der Waals surface area (Å²) in [6, 6.07) is 0. The van der Waals surface area contributed by atoms with Gasteiger partial charge in [0, 0.05) is 12.4 Å². The van der Waals surface area contributed by atoms with Crippen molar-refractivity contribution in [1.29, 1.82) is 0 Å². The van der Waals surface area contributed by atoms with E-state index in [2.05, 4.69) is 11.3 Å². The molecule has 0 bridgehead atoms. The van der Waals surface area contributed by atoms with Crippen molar-refractivity contribution in [2.75, 3.05) is 20.0 Å². The molecule has 1 N–H and O–H groups in total. The summed E-state index contributed by atoms with van der Waals surface area (Å²) in [5.74, 6) is 0. The van der Waals surface area contributed by atoms with Crippen molar-refractivity contribution in [1.82, 2.24) is 0 Å². The molecule has 0 spiro atoms. The zero-order chi connectivity index (χ0) is 8.69. The van der Waals surface area contributed by atoms with E-state index >= 15 is 0 Å². The van der Waals surface area contributed by atoms with Gasteiger partial charge in [0.2, 0.25) is 0 Å². The van der Waals surface area contributed by atoms with Crippen LogP contribution in [0.5, 0.6) is 0 Å². The van der Waals surface area contributed by atoms with Crippen molar-refractivity contribution in [3.63, 3.8) is 0 Å². The van der Waals surface area contributed by atoms with Gasteiger partial charge < -0.3 is 13.6 Å². The van der Waals surface area contributed by atoms with Crippen LogP contribution in [0, 0.1) is 0 Å². The summed E-state index contributed by atoms with van der Waals surface area (Å²) in [5, 5.41) is 0.470. The standard InChI is InChI=1S/C6H15O3SSi/c1-4-6(10-3)5-9-11(7)8-2/h6-7H,4-5H2,1-3H3. The SMILES string of the molecule is CCC(CO[Si](O)OC)SC. The first-order valence-electron chi connectivity index (χ1n) is 3.50. The Morgan fingerprint density at radius 3 is 2.64 bits per heavy atom. The molecule has 3 nitrogen and oxygen atoms in total. The number of hydrogen-bond acceptors (Lipinski definition) is 4. The molecule has 0 aliphatic carbocycles. The highest BCUT2D eigenvalue weighted by molar-refractivity contribution is 7.99. The Hall–Kier alpha value is 0.447. The fraction of sp³-hybridized carbons (Fsp3) is 1.00. The van der Waals surface area contributed by atoms with Crippen molar-refractivity contribution in [3.05, 3.63) is 0 Å². The van der Waals surface area contributed by atoms with Crippen LogP contribution in [0.1, 0.15) is 13.3 Å². The van der Waals surface area contributed by atoms with Crippen molar-refractivity contribution >= 4 is 21.3 Å². The largest absolute Gasteiger partial charge is 0.574 e. The van der Waals surface area contributed by atoms with Gasteiger partial charge >= 0.3 is 9.53 Å². The van der Waals surface area contributed by atoms with Crippen LogP contribution in [0.2, 0.25) is 0 Å². The lowest BCUT2D eigenvalue weighted by Gasteiger charge is -2.12. The van der Waals surface area contributed by atoms with Crippen LogP contribution in [0.4, 0.5) is 0 Å². The molecule has 0 aromatic rings. The van der Waals surface area contributed by atoms with Crippen LogP contribution in [-0.2, 0) is 8.85 Å². The topological polar surface area (TPSA) is 38.7 Å². The lowest BCUT2D eigenvalue weighted by Crippen LogP contribution is -2.25. The van der Waals surface area contributed by atoms with Crippen molar-refractivity contribution in [3.8, 4) is 0 Å². The number of rotatable bonds is 6. The summed E-state index contributed by atoms with van der Waals surface area (Å²) in [5.41, 5.74) is 0. The third-order valence-electron chi connectivity index (χ3n) is 1.36. The van der Waals surface area contributed by atoms with Gasteiger partial charge in [0.05, 0.1) is 6.61 Å². The summed E-state index contributed by atoms with van der Waals surface area (Å²) in [7, 11) is -0.504. The maximum absolute atomic E-state index is 8.95. The molecule has 11 heavy (non-hydrogen) atoms. The fourth-order valence-electron chi connectivity index (χ4n) is 0.576. The zero-order valence-corrected chi connectivity index (χ0v) is 8.98. The Labute approximate surface area is 74.1 Å². The van der Waals surface area contributed by atoms with Crippen LogP contribution < -0.4 is 0 Å². The maximum Gasteiger partial charge on any atom is 0.574 e. The smallest absolute Gasteiger partial charge is 0.387 e. The first kappa shape index (κ1) is 11.4. The average Bonchev–Trinajstić information content (AvgIpc) is 2.06. The van der Waals surface area contributed by atoms with E-state index in [1.165, 1.54) is 7.11 Å². The summed E-state index contributed by atoms with van der Waals surface area (Å²) in [4.78, 5) is 8.95. The van der Waals surface area contributed by atoms with Crippen molar-refractivity contribution < 1.29 is 13.6 Å². The Morgan fingerprint density at radius 2 is 2.27 bits per heavy atom. The summed E-state index contributed by atoms with van der Waals surface area (Å²) in [6.45, 7) is 2.68. The molecule has 67 valence electrons. The number of hydrogen-bond donors (Lipinski definition) is 1. The predicted molar refractivity (Wildman–Crippen MR) is 48.5 cm³/mol. The summed E-state index contributed by atoms with van der Waals surface area (Å²) in [6.07, 6.45) is 3.09. The van der Waals surface area contributed by atoms with Gasteiger partial charge in [-0.3, -0.25) is 0 Å². The molecular weight excluding hydrogens is 180 g/mol. The second kappa shape index (κ2) is 7.12. The lowest BCUT2D eigenvalue weighted by molar-refractivity contribution is 0.159. The molecule has 0 rings (SSSR count). The summed E-state index contributed by atoms with van der Waals surface area (Å²) < 4.78 is 9.66. The average molecular weight is 195 g/mol. The molecule has 5 heteroatoms.